The topological polar surface area (TPSA) is 65.4 Å². The predicted molar refractivity (Wildman–Crippen MR) is 108 cm³/mol. The van der Waals surface area contributed by atoms with Crippen LogP contribution < -0.4 is 10.1 Å². The fourth-order valence-corrected chi connectivity index (χ4v) is 2.88. The number of aryl methyl sites for hydroxylation is 1. The van der Waals surface area contributed by atoms with E-state index in [4.69, 9.17) is 9.47 Å². The van der Waals surface area contributed by atoms with Crippen molar-refractivity contribution in [3.8, 4) is 17.0 Å². The summed E-state index contributed by atoms with van der Waals surface area (Å²) in [6.45, 7) is 0.929. The molecule has 0 unspecified atom stereocenters. The molecule has 1 N–H and O–H groups in total. The summed E-state index contributed by atoms with van der Waals surface area (Å²) in [5.74, 6) is 0.531. The molecule has 140 valence electrons. The molecule has 0 aliphatic rings. The van der Waals surface area contributed by atoms with Gasteiger partial charge in [-0.1, -0.05) is 15.9 Å². The molecule has 1 heterocycles. The maximum absolute atomic E-state index is 12.5. The van der Waals surface area contributed by atoms with Crippen LogP contribution in [0.4, 0.5) is 5.69 Å². The van der Waals surface area contributed by atoms with Crippen molar-refractivity contribution >= 4 is 27.5 Å². The van der Waals surface area contributed by atoms with Crippen LogP contribution in [0.1, 0.15) is 10.4 Å². The molecule has 0 radical (unpaired) electrons. The number of rotatable bonds is 7. The highest BCUT2D eigenvalue weighted by Crippen LogP contribution is 2.32. The minimum Gasteiger partial charge on any atom is -0.490 e. The number of amides is 1. The molecule has 0 fully saturated rings. The molecule has 0 saturated carbocycles. The first-order valence-electron chi connectivity index (χ1n) is 8.39. The fourth-order valence-electron chi connectivity index (χ4n) is 2.61. The Balaban J connectivity index is 1.87. The Morgan fingerprint density at radius 2 is 1.93 bits per heavy atom. The van der Waals surface area contributed by atoms with Gasteiger partial charge in [-0.3, -0.25) is 9.48 Å². The Hall–Kier alpha value is -2.64. The Labute approximate surface area is 166 Å². The van der Waals surface area contributed by atoms with Gasteiger partial charge in [0.2, 0.25) is 0 Å². The number of benzene rings is 2. The molecule has 0 spiro atoms. The Morgan fingerprint density at radius 1 is 1.15 bits per heavy atom. The number of hydrogen-bond donors (Lipinski definition) is 1. The van der Waals surface area contributed by atoms with E-state index < -0.39 is 0 Å². The molecular weight excluding hydrogens is 410 g/mol. The zero-order chi connectivity index (χ0) is 19.2. The quantitative estimate of drug-likeness (QED) is 0.573. The van der Waals surface area contributed by atoms with Crippen molar-refractivity contribution in [3.63, 3.8) is 0 Å². The largest absolute Gasteiger partial charge is 0.490 e. The van der Waals surface area contributed by atoms with Gasteiger partial charge in [0, 0.05) is 41.6 Å². The van der Waals surface area contributed by atoms with Gasteiger partial charge in [-0.25, -0.2) is 0 Å². The van der Waals surface area contributed by atoms with Crippen LogP contribution in [0.5, 0.6) is 5.75 Å². The SMILES string of the molecule is COCCOc1ccc(NC(=O)c2ccc(Br)cc2)cc1-c1ccnn1C. The monoisotopic (exact) mass is 429 g/mol. The molecular formula is C20H20BrN3O3. The molecule has 1 amide bonds. The normalized spacial score (nSPS) is 10.6. The van der Waals surface area contributed by atoms with Crippen LogP contribution in [0, 0.1) is 0 Å². The number of halogens is 1. The van der Waals surface area contributed by atoms with E-state index in [0.717, 1.165) is 15.7 Å². The van der Waals surface area contributed by atoms with E-state index >= 15 is 0 Å². The Kier molecular flexibility index (Phi) is 6.26. The van der Waals surface area contributed by atoms with E-state index in [9.17, 15) is 4.79 Å². The van der Waals surface area contributed by atoms with Crippen molar-refractivity contribution in [2.24, 2.45) is 7.05 Å². The lowest BCUT2D eigenvalue weighted by Crippen LogP contribution is -2.12. The van der Waals surface area contributed by atoms with Crippen molar-refractivity contribution in [1.29, 1.82) is 0 Å². The molecule has 0 atom stereocenters. The standard InChI is InChI=1S/C20H20BrN3O3/c1-24-18(9-10-22-24)17-13-16(7-8-19(17)27-12-11-26-2)23-20(25)14-3-5-15(21)6-4-14/h3-10,13H,11-12H2,1-2H3,(H,23,25). The zero-order valence-electron chi connectivity index (χ0n) is 15.1. The third-order valence-corrected chi connectivity index (χ3v) is 4.51. The summed E-state index contributed by atoms with van der Waals surface area (Å²) >= 11 is 3.37. The Bertz CT molecular complexity index is 922. The summed E-state index contributed by atoms with van der Waals surface area (Å²) in [6, 6.07) is 14.7. The first-order valence-corrected chi connectivity index (χ1v) is 9.19. The van der Waals surface area contributed by atoms with Crippen molar-refractivity contribution in [2.75, 3.05) is 25.6 Å². The zero-order valence-corrected chi connectivity index (χ0v) is 16.7. The van der Waals surface area contributed by atoms with Gasteiger partial charge in [0.05, 0.1) is 12.3 Å². The van der Waals surface area contributed by atoms with E-state index in [-0.39, 0.29) is 5.91 Å². The van der Waals surface area contributed by atoms with Gasteiger partial charge < -0.3 is 14.8 Å². The molecule has 3 aromatic rings. The van der Waals surface area contributed by atoms with Crippen LogP contribution in [0.25, 0.3) is 11.3 Å². The molecule has 7 heteroatoms. The molecule has 0 aliphatic carbocycles. The average molecular weight is 430 g/mol. The highest BCUT2D eigenvalue weighted by Gasteiger charge is 2.13. The van der Waals surface area contributed by atoms with E-state index in [2.05, 4.69) is 26.3 Å². The summed E-state index contributed by atoms with van der Waals surface area (Å²) in [7, 11) is 3.49. The molecule has 1 aromatic heterocycles. The molecule has 0 aliphatic heterocycles. The summed E-state index contributed by atoms with van der Waals surface area (Å²) in [6.07, 6.45) is 1.72. The number of carbonyl (C=O) groups is 1. The molecule has 3 rings (SSSR count). The van der Waals surface area contributed by atoms with Gasteiger partial charge >= 0.3 is 0 Å². The summed E-state index contributed by atoms with van der Waals surface area (Å²) in [5, 5.41) is 7.15. The van der Waals surface area contributed by atoms with E-state index in [0.29, 0.717) is 30.2 Å². The van der Waals surface area contributed by atoms with Gasteiger partial charge in [-0.2, -0.15) is 5.10 Å². The summed E-state index contributed by atoms with van der Waals surface area (Å²) in [5.41, 5.74) is 3.00. The van der Waals surface area contributed by atoms with Crippen molar-refractivity contribution < 1.29 is 14.3 Å². The molecule has 0 saturated heterocycles. The second-order valence-corrected chi connectivity index (χ2v) is 6.77. The lowest BCUT2D eigenvalue weighted by Gasteiger charge is -2.14. The Morgan fingerprint density at radius 3 is 2.59 bits per heavy atom. The first-order chi connectivity index (χ1) is 13.1. The number of hydrogen-bond acceptors (Lipinski definition) is 4. The van der Waals surface area contributed by atoms with E-state index in [1.165, 1.54) is 0 Å². The van der Waals surface area contributed by atoms with Gasteiger partial charge in [-0.05, 0) is 48.5 Å². The minimum absolute atomic E-state index is 0.175. The van der Waals surface area contributed by atoms with Crippen LogP contribution in [0.3, 0.4) is 0 Å². The van der Waals surface area contributed by atoms with Crippen molar-refractivity contribution in [1.82, 2.24) is 9.78 Å². The van der Waals surface area contributed by atoms with Crippen LogP contribution in [0.15, 0.2) is 59.2 Å². The average Bonchev–Trinajstić information content (AvgIpc) is 3.09. The number of nitrogens with one attached hydrogen (secondary N) is 1. The molecule has 6 nitrogen and oxygen atoms in total. The van der Waals surface area contributed by atoms with Crippen LogP contribution >= 0.6 is 15.9 Å². The number of nitrogens with zero attached hydrogens (tertiary/aromatic N) is 2. The van der Waals surface area contributed by atoms with Crippen molar-refractivity contribution in [2.45, 2.75) is 0 Å². The number of ether oxygens (including phenoxy) is 2. The number of methoxy groups -OCH3 is 1. The summed E-state index contributed by atoms with van der Waals surface area (Å²) in [4.78, 5) is 12.5. The van der Waals surface area contributed by atoms with E-state index in [1.807, 2.05) is 43.4 Å². The molecule has 27 heavy (non-hydrogen) atoms. The van der Waals surface area contributed by atoms with Gasteiger partial charge in [0.25, 0.3) is 5.91 Å². The lowest BCUT2D eigenvalue weighted by molar-refractivity contribution is 0.102. The van der Waals surface area contributed by atoms with Gasteiger partial charge in [-0.15, -0.1) is 0 Å². The fraction of sp³-hybridized carbons (Fsp3) is 0.200. The third-order valence-electron chi connectivity index (χ3n) is 3.99. The first kappa shape index (κ1) is 19.1. The highest BCUT2D eigenvalue weighted by molar-refractivity contribution is 9.10. The predicted octanol–water partition coefficient (Wildman–Crippen LogP) is 4.13. The number of aromatic nitrogens is 2. The smallest absolute Gasteiger partial charge is 0.255 e. The lowest BCUT2D eigenvalue weighted by atomic mass is 10.1. The van der Waals surface area contributed by atoms with Crippen LogP contribution in [-0.4, -0.2) is 36.0 Å². The second kappa shape index (κ2) is 8.83. The number of carbonyl (C=O) groups excluding carboxylic acids is 1. The van der Waals surface area contributed by atoms with Crippen LogP contribution in [-0.2, 0) is 11.8 Å². The maximum Gasteiger partial charge on any atom is 0.255 e. The minimum atomic E-state index is -0.175. The summed E-state index contributed by atoms with van der Waals surface area (Å²) < 4.78 is 13.6. The highest BCUT2D eigenvalue weighted by atomic mass is 79.9. The van der Waals surface area contributed by atoms with Gasteiger partial charge in [0.15, 0.2) is 0 Å². The van der Waals surface area contributed by atoms with Gasteiger partial charge in [0.1, 0.15) is 12.4 Å². The maximum atomic E-state index is 12.5. The number of anilines is 1. The van der Waals surface area contributed by atoms with Crippen molar-refractivity contribution in [3.05, 3.63) is 64.8 Å². The third kappa shape index (κ3) is 4.75. The second-order valence-electron chi connectivity index (χ2n) is 5.85. The van der Waals surface area contributed by atoms with E-state index in [1.54, 1.807) is 30.1 Å². The molecule has 0 bridgehead atoms. The molecule has 2 aromatic carbocycles. The van der Waals surface area contributed by atoms with Crippen LogP contribution in [0.2, 0.25) is 0 Å².